The molecule has 2 aromatic rings. The van der Waals surface area contributed by atoms with Crippen LogP contribution in [-0.2, 0) is 17.5 Å². The van der Waals surface area contributed by atoms with Crippen LogP contribution < -0.4 is 10.9 Å². The topological polar surface area (TPSA) is 107 Å². The van der Waals surface area contributed by atoms with Crippen LogP contribution in [0.3, 0.4) is 0 Å². The molecule has 3 rings (SSSR count). The highest BCUT2D eigenvalue weighted by Gasteiger charge is 2.37. The van der Waals surface area contributed by atoms with Gasteiger partial charge in [0.25, 0.3) is 11.2 Å². The highest BCUT2D eigenvalue weighted by atomic mass is 79.9. The van der Waals surface area contributed by atoms with Gasteiger partial charge in [-0.3, -0.25) is 19.7 Å². The fourth-order valence-corrected chi connectivity index (χ4v) is 2.96. The van der Waals surface area contributed by atoms with Gasteiger partial charge in [0.1, 0.15) is 12.1 Å². The van der Waals surface area contributed by atoms with Gasteiger partial charge in [-0.05, 0) is 40.9 Å². The van der Waals surface area contributed by atoms with Gasteiger partial charge < -0.3 is 5.32 Å². The molecule has 1 amide bonds. The molecule has 1 aliphatic carbocycles. The quantitative estimate of drug-likeness (QED) is 0.543. The van der Waals surface area contributed by atoms with Crippen molar-refractivity contribution in [2.45, 2.75) is 31.5 Å². The molecule has 0 aliphatic heterocycles. The number of nitrogens with one attached hydrogen (secondary N) is 1. The van der Waals surface area contributed by atoms with E-state index >= 15 is 0 Å². The fraction of sp³-hybridized carbons (Fsp3) is 0.312. The molecule has 0 saturated heterocycles. The van der Waals surface area contributed by atoms with E-state index in [0.717, 1.165) is 18.2 Å². The first-order valence-electron chi connectivity index (χ1n) is 7.99. The maximum Gasteiger partial charge on any atom is 0.421 e. The van der Waals surface area contributed by atoms with Gasteiger partial charge in [-0.15, -0.1) is 0 Å². The van der Waals surface area contributed by atoms with E-state index in [0.29, 0.717) is 17.5 Å². The van der Waals surface area contributed by atoms with Gasteiger partial charge in [-0.25, -0.2) is 4.68 Å². The average Bonchev–Trinajstić information content (AvgIpc) is 3.42. The molecular weight excluding hydrogens is 449 g/mol. The van der Waals surface area contributed by atoms with E-state index in [4.69, 9.17) is 0 Å². The summed E-state index contributed by atoms with van der Waals surface area (Å²) in [6.45, 7) is -0.730. The number of amides is 1. The summed E-state index contributed by atoms with van der Waals surface area (Å²) in [5, 5.41) is 17.0. The normalized spacial score (nSPS) is 14.0. The number of hydrogen-bond acceptors (Lipinski definition) is 5. The number of alkyl halides is 3. The summed E-state index contributed by atoms with van der Waals surface area (Å²) >= 11 is 3.07. The van der Waals surface area contributed by atoms with E-state index in [1.165, 1.54) is 6.07 Å². The minimum atomic E-state index is -4.86. The first-order valence-corrected chi connectivity index (χ1v) is 8.78. The summed E-state index contributed by atoms with van der Waals surface area (Å²) in [5.74, 6) is -0.954. The largest absolute Gasteiger partial charge is 0.421 e. The van der Waals surface area contributed by atoms with Gasteiger partial charge in [-0.1, -0.05) is 0 Å². The number of nitrogens with zero attached hydrogens (tertiary/aromatic N) is 3. The zero-order valence-corrected chi connectivity index (χ0v) is 15.6. The third kappa shape index (κ3) is 4.38. The molecule has 8 nitrogen and oxygen atoms in total. The zero-order valence-electron chi connectivity index (χ0n) is 14.0. The summed E-state index contributed by atoms with van der Waals surface area (Å²) < 4.78 is 40.1. The second-order valence-electron chi connectivity index (χ2n) is 6.19. The maximum atomic E-state index is 13.1. The van der Waals surface area contributed by atoms with Crippen molar-refractivity contribution >= 4 is 33.2 Å². The highest BCUT2D eigenvalue weighted by molar-refractivity contribution is 9.10. The van der Waals surface area contributed by atoms with Crippen LogP contribution in [0.25, 0.3) is 0 Å². The summed E-state index contributed by atoms with van der Waals surface area (Å²) in [6.07, 6.45) is -3.52. The van der Waals surface area contributed by atoms with E-state index in [1.54, 1.807) is 0 Å². The second-order valence-corrected chi connectivity index (χ2v) is 7.04. The van der Waals surface area contributed by atoms with Crippen molar-refractivity contribution in [2.24, 2.45) is 0 Å². The second kappa shape index (κ2) is 7.34. The molecule has 0 bridgehead atoms. The fourth-order valence-electron chi connectivity index (χ4n) is 2.50. The van der Waals surface area contributed by atoms with Crippen molar-refractivity contribution in [3.05, 3.63) is 60.5 Å². The van der Waals surface area contributed by atoms with Crippen molar-refractivity contribution in [1.82, 2.24) is 9.78 Å². The monoisotopic (exact) mass is 460 g/mol. The van der Waals surface area contributed by atoms with E-state index in [2.05, 4.69) is 26.3 Å². The molecule has 1 saturated carbocycles. The van der Waals surface area contributed by atoms with Gasteiger partial charge >= 0.3 is 6.18 Å². The molecule has 0 unspecified atom stereocenters. The maximum absolute atomic E-state index is 13.1. The van der Waals surface area contributed by atoms with Crippen LogP contribution in [0.1, 0.15) is 30.0 Å². The number of carbonyl (C=O) groups is 1. The van der Waals surface area contributed by atoms with Crippen LogP contribution in [0.4, 0.5) is 24.5 Å². The van der Waals surface area contributed by atoms with Crippen LogP contribution in [0, 0.1) is 10.1 Å². The number of carbonyl (C=O) groups excluding carboxylic acids is 1. The zero-order chi connectivity index (χ0) is 20.6. The number of nitro groups is 1. The molecule has 12 heteroatoms. The number of benzene rings is 1. The highest BCUT2D eigenvalue weighted by Crippen LogP contribution is 2.40. The molecule has 28 heavy (non-hydrogen) atoms. The van der Waals surface area contributed by atoms with Crippen LogP contribution in [0.5, 0.6) is 0 Å². The molecule has 0 atom stereocenters. The first kappa shape index (κ1) is 20.0. The molecule has 0 radical (unpaired) electrons. The molecule has 0 spiro atoms. The van der Waals surface area contributed by atoms with E-state index in [1.807, 2.05) is 0 Å². The third-order valence-corrected chi connectivity index (χ3v) is 4.68. The predicted octanol–water partition coefficient (Wildman–Crippen LogP) is 3.45. The molecule has 1 aliphatic rings. The molecule has 1 N–H and O–H groups in total. The third-order valence-electron chi connectivity index (χ3n) is 4.03. The molecule has 1 heterocycles. The summed E-state index contributed by atoms with van der Waals surface area (Å²) in [4.78, 5) is 34.4. The Morgan fingerprint density at radius 3 is 2.57 bits per heavy atom. The van der Waals surface area contributed by atoms with E-state index < -0.39 is 34.7 Å². The van der Waals surface area contributed by atoms with Crippen molar-refractivity contribution in [2.75, 3.05) is 5.32 Å². The average molecular weight is 461 g/mol. The van der Waals surface area contributed by atoms with Crippen LogP contribution in [-0.4, -0.2) is 20.6 Å². The molecule has 148 valence electrons. The lowest BCUT2D eigenvalue weighted by atomic mass is 10.2. The van der Waals surface area contributed by atoms with Gasteiger partial charge in [0.15, 0.2) is 0 Å². The number of anilines is 1. The smallest absolute Gasteiger partial charge is 0.323 e. The Labute approximate surface area is 163 Å². The van der Waals surface area contributed by atoms with Crippen molar-refractivity contribution < 1.29 is 22.9 Å². The Bertz CT molecular complexity index is 1020. The van der Waals surface area contributed by atoms with E-state index in [9.17, 15) is 32.9 Å². The predicted molar refractivity (Wildman–Crippen MR) is 94.9 cm³/mol. The summed E-state index contributed by atoms with van der Waals surface area (Å²) in [6, 6.07) is 4.31. The number of non-ortho nitro benzene ring substituents is 1. The Kier molecular flexibility index (Phi) is 5.24. The van der Waals surface area contributed by atoms with Crippen LogP contribution in [0.15, 0.2) is 33.5 Å². The molecule has 1 aromatic heterocycles. The molecule has 1 aromatic carbocycles. The van der Waals surface area contributed by atoms with Gasteiger partial charge in [0.2, 0.25) is 5.91 Å². The Balaban J connectivity index is 1.85. The lowest BCUT2D eigenvalue weighted by Gasteiger charge is -2.13. The first-order chi connectivity index (χ1) is 13.1. The lowest BCUT2D eigenvalue weighted by molar-refractivity contribution is -0.384. The summed E-state index contributed by atoms with van der Waals surface area (Å²) in [5.41, 5.74) is -2.70. The van der Waals surface area contributed by atoms with Gasteiger partial charge in [-0.2, -0.15) is 18.3 Å². The standard InChI is InChI=1S/C16H12BrF3N4O4/c17-11-5-9(24(27)28)3-4-12(11)21-14(25)7-23-15(26)10(16(18,19)20)6-13(22-23)8-1-2-8/h3-6,8H,1-2,7H2,(H,21,25). The number of nitro benzene ring substituents is 1. The van der Waals surface area contributed by atoms with Crippen molar-refractivity contribution in [1.29, 1.82) is 0 Å². The minimum absolute atomic E-state index is 0.122. The summed E-state index contributed by atoms with van der Waals surface area (Å²) in [7, 11) is 0. The van der Waals surface area contributed by atoms with Crippen LogP contribution in [0.2, 0.25) is 0 Å². The van der Waals surface area contributed by atoms with Crippen molar-refractivity contribution in [3.8, 4) is 0 Å². The number of halogens is 4. The minimum Gasteiger partial charge on any atom is -0.323 e. The van der Waals surface area contributed by atoms with Crippen LogP contribution >= 0.6 is 15.9 Å². The van der Waals surface area contributed by atoms with Crippen molar-refractivity contribution in [3.63, 3.8) is 0 Å². The van der Waals surface area contributed by atoms with Gasteiger partial charge in [0.05, 0.1) is 16.3 Å². The number of aromatic nitrogens is 2. The molecule has 1 fully saturated rings. The molecular formula is C16H12BrF3N4O4. The Morgan fingerprint density at radius 2 is 2.04 bits per heavy atom. The van der Waals surface area contributed by atoms with Gasteiger partial charge in [0, 0.05) is 22.5 Å². The Hall–Kier alpha value is -2.76. The lowest BCUT2D eigenvalue weighted by Crippen LogP contribution is -2.35. The van der Waals surface area contributed by atoms with E-state index in [-0.39, 0.29) is 27.5 Å². The number of hydrogen-bond donors (Lipinski definition) is 1. The Morgan fingerprint density at radius 1 is 1.36 bits per heavy atom. The number of rotatable bonds is 5. The SMILES string of the molecule is O=C(Cn1nc(C2CC2)cc(C(F)(F)F)c1=O)Nc1ccc([N+](=O)[O-])cc1Br.